The maximum atomic E-state index is 12.5. The zero-order valence-electron chi connectivity index (χ0n) is 19.4. The molecular formula is C25H27N5O3S. The number of hydrogen-bond donors (Lipinski definition) is 1. The van der Waals surface area contributed by atoms with Crippen molar-refractivity contribution in [3.63, 3.8) is 0 Å². The van der Waals surface area contributed by atoms with E-state index in [-0.39, 0.29) is 24.1 Å². The van der Waals surface area contributed by atoms with Crippen molar-refractivity contribution in [2.45, 2.75) is 43.9 Å². The van der Waals surface area contributed by atoms with Crippen LogP contribution in [0.1, 0.15) is 38.1 Å². The first kappa shape index (κ1) is 23.6. The van der Waals surface area contributed by atoms with Crippen molar-refractivity contribution in [3.05, 3.63) is 82.5 Å². The largest absolute Gasteiger partial charge is 0.484 e. The third-order valence-corrected chi connectivity index (χ3v) is 6.26. The number of hydrogen-bond acceptors (Lipinski definition) is 6. The number of ether oxygens (including phenoxy) is 1. The second-order valence-corrected chi connectivity index (χ2v) is 9.11. The highest BCUT2D eigenvalue weighted by molar-refractivity contribution is 7.98. The zero-order chi connectivity index (χ0) is 24.1. The number of carbonyl (C=O) groups is 1. The molecule has 34 heavy (non-hydrogen) atoms. The molecular weight excluding hydrogens is 450 g/mol. The summed E-state index contributed by atoms with van der Waals surface area (Å²) in [4.78, 5) is 34.5. The fourth-order valence-electron chi connectivity index (χ4n) is 3.37. The van der Waals surface area contributed by atoms with E-state index in [1.165, 1.54) is 10.1 Å². The molecule has 1 amide bonds. The molecule has 0 saturated heterocycles. The highest BCUT2D eigenvalue weighted by Crippen LogP contribution is 2.23. The summed E-state index contributed by atoms with van der Waals surface area (Å²) >= 11 is 1.56. The summed E-state index contributed by atoms with van der Waals surface area (Å²) in [6.07, 6.45) is 2.59. The van der Waals surface area contributed by atoms with Crippen LogP contribution in [0.4, 0.5) is 5.69 Å². The molecule has 0 fully saturated rings. The molecule has 2 aromatic heterocycles. The molecule has 8 nitrogen and oxygen atoms in total. The predicted molar refractivity (Wildman–Crippen MR) is 134 cm³/mol. The quantitative estimate of drug-likeness (QED) is 0.361. The highest BCUT2D eigenvalue weighted by Gasteiger charge is 2.11. The smallest absolute Gasteiger partial charge is 0.274 e. The Morgan fingerprint density at radius 1 is 1.12 bits per heavy atom. The third-order valence-electron chi connectivity index (χ3n) is 5.21. The van der Waals surface area contributed by atoms with E-state index in [2.05, 4.69) is 22.2 Å². The lowest BCUT2D eigenvalue weighted by Crippen LogP contribution is -2.22. The van der Waals surface area contributed by atoms with Gasteiger partial charge in [0.1, 0.15) is 12.1 Å². The van der Waals surface area contributed by atoms with Crippen LogP contribution >= 0.6 is 11.8 Å². The van der Waals surface area contributed by atoms with Crippen molar-refractivity contribution in [1.82, 2.24) is 19.2 Å². The number of nitrogens with zero attached hydrogens (tertiary/aromatic N) is 4. The molecule has 9 heteroatoms. The molecule has 0 aliphatic heterocycles. The molecule has 0 saturated carbocycles. The van der Waals surface area contributed by atoms with Crippen LogP contribution in [0.15, 0.2) is 70.6 Å². The lowest BCUT2D eigenvalue weighted by atomic mass is 10.2. The molecule has 0 bridgehead atoms. The number of carbonyl (C=O) groups excluding carboxylic acids is 1. The molecule has 176 valence electrons. The van der Waals surface area contributed by atoms with Gasteiger partial charge in [-0.25, -0.2) is 4.98 Å². The van der Waals surface area contributed by atoms with E-state index >= 15 is 0 Å². The van der Waals surface area contributed by atoms with Gasteiger partial charge < -0.3 is 10.1 Å². The minimum absolute atomic E-state index is 0.0573. The Bertz CT molecular complexity index is 1330. The van der Waals surface area contributed by atoms with Gasteiger partial charge in [0.2, 0.25) is 0 Å². The number of amides is 1. The summed E-state index contributed by atoms with van der Waals surface area (Å²) in [6.45, 7) is 6.01. The maximum Gasteiger partial charge on any atom is 0.274 e. The van der Waals surface area contributed by atoms with Crippen molar-refractivity contribution >= 4 is 29.1 Å². The first-order valence-electron chi connectivity index (χ1n) is 11.1. The van der Waals surface area contributed by atoms with Crippen LogP contribution in [0.5, 0.6) is 5.75 Å². The van der Waals surface area contributed by atoms with Gasteiger partial charge in [-0.2, -0.15) is 9.50 Å². The van der Waals surface area contributed by atoms with Gasteiger partial charge in [0.05, 0.1) is 5.69 Å². The Morgan fingerprint density at radius 3 is 2.53 bits per heavy atom. The number of thioether (sulfide) groups is 1. The van der Waals surface area contributed by atoms with Gasteiger partial charge in [0.25, 0.3) is 17.2 Å². The monoisotopic (exact) mass is 477 g/mol. The van der Waals surface area contributed by atoms with E-state index in [4.69, 9.17) is 4.74 Å². The number of aryl methyl sites for hydroxylation is 1. The average molecular weight is 478 g/mol. The SMILES string of the molecule is CCc1ccc(OCC(=O)Nc2ccc(SCc3cc(=O)n4c(ncn4C(C)C)n3)cc2)cc1. The summed E-state index contributed by atoms with van der Waals surface area (Å²) in [5.41, 5.74) is 2.44. The Labute approximate surface area is 202 Å². The first-order chi connectivity index (χ1) is 16.4. The summed E-state index contributed by atoms with van der Waals surface area (Å²) in [5.74, 6) is 1.38. The van der Waals surface area contributed by atoms with Gasteiger partial charge in [-0.05, 0) is 62.2 Å². The molecule has 1 N–H and O–H groups in total. The van der Waals surface area contributed by atoms with Crippen LogP contribution in [0.2, 0.25) is 0 Å². The van der Waals surface area contributed by atoms with Crippen LogP contribution < -0.4 is 15.6 Å². The summed E-state index contributed by atoms with van der Waals surface area (Å²) < 4.78 is 8.80. The van der Waals surface area contributed by atoms with Crippen molar-refractivity contribution in [1.29, 1.82) is 0 Å². The Kier molecular flexibility index (Phi) is 7.32. The second-order valence-electron chi connectivity index (χ2n) is 8.06. The van der Waals surface area contributed by atoms with Crippen LogP contribution in [0, 0.1) is 0 Å². The van der Waals surface area contributed by atoms with Gasteiger partial charge in [-0.1, -0.05) is 19.1 Å². The standard InChI is InChI=1S/C25H27N5O3S/c1-4-18-5-9-21(10-6-18)33-14-23(31)27-19-7-11-22(12-8-19)34-15-20-13-24(32)30-25(28-20)26-16-29(30)17(2)3/h5-13,16-17H,4,14-15H2,1-3H3,(H,27,31). The van der Waals surface area contributed by atoms with Crippen molar-refractivity contribution < 1.29 is 9.53 Å². The van der Waals surface area contributed by atoms with Crippen molar-refractivity contribution in [2.75, 3.05) is 11.9 Å². The number of anilines is 1. The normalized spacial score (nSPS) is 11.2. The van der Waals surface area contributed by atoms with Gasteiger partial charge in [-0.3, -0.25) is 14.3 Å². The van der Waals surface area contributed by atoms with E-state index in [1.807, 2.05) is 62.4 Å². The lowest BCUT2D eigenvalue weighted by Gasteiger charge is -2.09. The molecule has 4 aromatic rings. The van der Waals surface area contributed by atoms with Crippen molar-refractivity contribution in [3.8, 4) is 5.75 Å². The van der Waals surface area contributed by atoms with Gasteiger partial charge in [0, 0.05) is 28.4 Å². The number of fused-ring (bicyclic) bond motifs is 1. The molecule has 0 spiro atoms. The average Bonchev–Trinajstić information content (AvgIpc) is 3.28. The number of rotatable bonds is 9. The van der Waals surface area contributed by atoms with Crippen LogP contribution in [-0.2, 0) is 17.0 Å². The first-order valence-corrected chi connectivity index (χ1v) is 12.1. The fourth-order valence-corrected chi connectivity index (χ4v) is 4.16. The number of nitrogens with one attached hydrogen (secondary N) is 1. The van der Waals surface area contributed by atoms with Crippen molar-refractivity contribution in [2.24, 2.45) is 0 Å². The molecule has 0 atom stereocenters. The van der Waals surface area contributed by atoms with Gasteiger partial charge in [0.15, 0.2) is 6.61 Å². The van der Waals surface area contributed by atoms with Crippen LogP contribution in [0.25, 0.3) is 5.78 Å². The Hall–Kier alpha value is -3.59. The zero-order valence-corrected chi connectivity index (χ0v) is 20.2. The van der Waals surface area contributed by atoms with Gasteiger partial charge in [-0.15, -0.1) is 11.8 Å². The van der Waals surface area contributed by atoms with E-state index in [0.717, 1.165) is 11.3 Å². The maximum absolute atomic E-state index is 12.5. The van der Waals surface area contributed by atoms with E-state index in [0.29, 0.717) is 28.7 Å². The minimum Gasteiger partial charge on any atom is -0.484 e. The lowest BCUT2D eigenvalue weighted by molar-refractivity contribution is -0.118. The molecule has 0 unspecified atom stereocenters. The molecule has 0 aliphatic carbocycles. The highest BCUT2D eigenvalue weighted by atomic mass is 32.2. The second kappa shape index (κ2) is 10.6. The van der Waals surface area contributed by atoms with E-state index in [9.17, 15) is 9.59 Å². The predicted octanol–water partition coefficient (Wildman–Crippen LogP) is 4.34. The number of aromatic nitrogens is 4. The minimum atomic E-state index is -0.223. The van der Waals surface area contributed by atoms with Gasteiger partial charge >= 0.3 is 0 Å². The van der Waals surface area contributed by atoms with E-state index in [1.54, 1.807) is 28.8 Å². The van der Waals surface area contributed by atoms with E-state index < -0.39 is 0 Å². The molecule has 2 aromatic carbocycles. The molecule has 0 radical (unpaired) electrons. The Balaban J connectivity index is 1.30. The summed E-state index contributed by atoms with van der Waals surface area (Å²) in [5, 5.41) is 2.83. The van der Waals surface area contributed by atoms with Crippen LogP contribution in [-0.4, -0.2) is 31.7 Å². The number of benzene rings is 2. The topological polar surface area (TPSA) is 90.5 Å². The third kappa shape index (κ3) is 5.66. The summed E-state index contributed by atoms with van der Waals surface area (Å²) in [7, 11) is 0. The molecule has 4 rings (SSSR count). The molecule has 0 aliphatic rings. The fraction of sp³-hybridized carbons (Fsp3) is 0.280. The summed E-state index contributed by atoms with van der Waals surface area (Å²) in [6, 6.07) is 16.9. The van der Waals surface area contributed by atoms with Crippen LogP contribution in [0.3, 0.4) is 0 Å². The molecule has 2 heterocycles. The Morgan fingerprint density at radius 2 is 1.85 bits per heavy atom.